The van der Waals surface area contributed by atoms with Crippen LogP contribution in [0.2, 0.25) is 0 Å². The number of hydrogen-bond acceptors (Lipinski definition) is 6. The van der Waals surface area contributed by atoms with Crippen molar-refractivity contribution >= 4 is 28.3 Å². The minimum absolute atomic E-state index is 0.0521. The Kier molecular flexibility index (Phi) is 6.98. The normalized spacial score (nSPS) is 11.7. The molecule has 0 fully saturated rings. The number of carboxylic acid groups (broad SMARTS) is 1. The molecule has 172 valence electrons. The van der Waals surface area contributed by atoms with Gasteiger partial charge in [0.15, 0.2) is 5.13 Å². The minimum Gasteiger partial charge on any atom is -0.493 e. The van der Waals surface area contributed by atoms with E-state index in [2.05, 4.69) is 9.97 Å². The summed E-state index contributed by atoms with van der Waals surface area (Å²) in [5.41, 5.74) is 4.20. The third kappa shape index (κ3) is 5.29. The van der Waals surface area contributed by atoms with Crippen LogP contribution >= 0.6 is 11.3 Å². The number of aromatic hydroxyl groups is 1. The second-order valence-corrected chi connectivity index (χ2v) is 8.68. The molecular weight excluding hydrogens is 450 g/mol. The molecule has 0 bridgehead atoms. The number of amides is 1. The molecule has 4 rings (SSSR count). The van der Waals surface area contributed by atoms with Crippen LogP contribution in [0.1, 0.15) is 12.0 Å². The highest BCUT2D eigenvalue weighted by molar-refractivity contribution is 7.14. The Morgan fingerprint density at radius 2 is 1.71 bits per heavy atom. The van der Waals surface area contributed by atoms with E-state index in [-0.39, 0.29) is 18.2 Å². The molecule has 7 nitrogen and oxygen atoms in total. The highest BCUT2D eigenvalue weighted by Gasteiger charge is 2.27. The Hall–Kier alpha value is -4.04. The number of pyridine rings is 1. The van der Waals surface area contributed by atoms with E-state index >= 15 is 0 Å². The lowest BCUT2D eigenvalue weighted by Crippen LogP contribution is -2.35. The minimum atomic E-state index is -1.01. The van der Waals surface area contributed by atoms with Gasteiger partial charge in [0, 0.05) is 35.8 Å². The zero-order valence-corrected chi connectivity index (χ0v) is 19.3. The van der Waals surface area contributed by atoms with Gasteiger partial charge in [0.05, 0.1) is 18.0 Å². The number of aliphatic carboxylic acids is 1. The smallest absolute Gasteiger partial charge is 0.304 e. The molecule has 0 unspecified atom stereocenters. The van der Waals surface area contributed by atoms with Gasteiger partial charge >= 0.3 is 5.97 Å². The van der Waals surface area contributed by atoms with E-state index in [1.165, 1.54) is 22.3 Å². The molecule has 0 aliphatic heterocycles. The van der Waals surface area contributed by atoms with Gasteiger partial charge < -0.3 is 10.2 Å². The first-order chi connectivity index (χ1) is 16.4. The number of carboxylic acids is 1. The third-order valence-corrected chi connectivity index (χ3v) is 6.38. The Bertz CT molecular complexity index is 1290. The Labute approximate surface area is 201 Å². The first kappa shape index (κ1) is 23.1. The van der Waals surface area contributed by atoms with E-state index in [4.69, 9.17) is 0 Å². The zero-order chi connectivity index (χ0) is 24.1. The van der Waals surface area contributed by atoms with Gasteiger partial charge in [-0.05, 0) is 23.6 Å². The Morgan fingerprint density at radius 3 is 2.38 bits per heavy atom. The second kappa shape index (κ2) is 10.3. The van der Waals surface area contributed by atoms with E-state index in [9.17, 15) is 19.8 Å². The van der Waals surface area contributed by atoms with Crippen LogP contribution in [0, 0.1) is 5.92 Å². The van der Waals surface area contributed by atoms with Crippen molar-refractivity contribution in [1.82, 2.24) is 9.97 Å². The molecule has 2 aromatic carbocycles. The van der Waals surface area contributed by atoms with Gasteiger partial charge in [-0.1, -0.05) is 54.6 Å². The lowest BCUT2D eigenvalue weighted by atomic mass is 9.95. The van der Waals surface area contributed by atoms with E-state index < -0.39 is 11.9 Å². The summed E-state index contributed by atoms with van der Waals surface area (Å²) < 4.78 is 0. The molecule has 0 saturated carbocycles. The molecule has 0 radical (unpaired) electrons. The SMILES string of the molecule is CN(C(=O)[C@@H](CC(=O)O)Cc1ccccc1)c1nc(-c2ccccc2-c2ccc(O)nc2)cs1. The average molecular weight is 474 g/mol. The van der Waals surface area contributed by atoms with Gasteiger partial charge in [-0.25, -0.2) is 9.97 Å². The standard InChI is InChI=1S/C26H23N3O4S/c1-29(25(33)19(14-24(31)32)13-17-7-3-2-4-8-17)26-28-22(16-34-26)21-10-6-5-9-20(21)18-11-12-23(30)27-15-18/h2-12,15-16,19H,13-14H2,1H3,(H,27,30)(H,31,32)/t19-/m1/s1. The fourth-order valence-corrected chi connectivity index (χ4v) is 4.57. The molecule has 0 aliphatic rings. The molecule has 1 atom stereocenters. The lowest BCUT2D eigenvalue weighted by molar-refractivity contribution is -0.140. The fourth-order valence-electron chi connectivity index (χ4n) is 3.77. The fraction of sp³-hybridized carbons (Fsp3) is 0.154. The summed E-state index contributed by atoms with van der Waals surface area (Å²) in [6.07, 6.45) is 1.68. The molecule has 34 heavy (non-hydrogen) atoms. The largest absolute Gasteiger partial charge is 0.493 e. The van der Waals surface area contributed by atoms with Gasteiger partial charge in [0.25, 0.3) is 0 Å². The van der Waals surface area contributed by atoms with Crippen molar-refractivity contribution < 1.29 is 19.8 Å². The molecule has 8 heteroatoms. The highest BCUT2D eigenvalue weighted by atomic mass is 32.1. The average Bonchev–Trinajstić information content (AvgIpc) is 3.34. The number of carbonyl (C=O) groups excluding carboxylic acids is 1. The van der Waals surface area contributed by atoms with Gasteiger partial charge in [-0.2, -0.15) is 0 Å². The predicted molar refractivity (Wildman–Crippen MR) is 132 cm³/mol. The molecule has 2 aromatic heterocycles. The van der Waals surface area contributed by atoms with Gasteiger partial charge in [-0.3, -0.25) is 14.5 Å². The van der Waals surface area contributed by atoms with Crippen molar-refractivity contribution in [1.29, 1.82) is 0 Å². The van der Waals surface area contributed by atoms with Crippen LogP contribution in [0.25, 0.3) is 22.4 Å². The summed E-state index contributed by atoms with van der Waals surface area (Å²) in [4.78, 5) is 34.8. The summed E-state index contributed by atoms with van der Waals surface area (Å²) in [6, 6.07) is 20.4. The first-order valence-electron chi connectivity index (χ1n) is 10.7. The number of rotatable bonds is 8. The highest BCUT2D eigenvalue weighted by Crippen LogP contribution is 2.35. The topological polar surface area (TPSA) is 104 Å². The number of benzene rings is 2. The van der Waals surface area contributed by atoms with Crippen molar-refractivity contribution in [2.45, 2.75) is 12.8 Å². The van der Waals surface area contributed by atoms with Gasteiger partial charge in [0.2, 0.25) is 11.8 Å². The Balaban J connectivity index is 1.59. The molecule has 1 amide bonds. The predicted octanol–water partition coefficient (Wildman–Crippen LogP) is 4.87. The maximum absolute atomic E-state index is 13.2. The maximum Gasteiger partial charge on any atom is 0.304 e. The number of nitrogens with zero attached hydrogens (tertiary/aromatic N) is 3. The van der Waals surface area contributed by atoms with E-state index in [0.29, 0.717) is 17.2 Å². The number of hydrogen-bond donors (Lipinski definition) is 2. The first-order valence-corrected chi connectivity index (χ1v) is 11.5. The summed E-state index contributed by atoms with van der Waals surface area (Å²) in [5, 5.41) is 21.2. The van der Waals surface area contributed by atoms with E-state index in [0.717, 1.165) is 22.3 Å². The molecule has 2 heterocycles. The van der Waals surface area contributed by atoms with Crippen LogP contribution in [0.3, 0.4) is 0 Å². The summed E-state index contributed by atoms with van der Waals surface area (Å²) in [5.74, 6) is -2.06. The summed E-state index contributed by atoms with van der Waals surface area (Å²) >= 11 is 1.32. The van der Waals surface area contributed by atoms with Crippen molar-refractivity contribution in [3.63, 3.8) is 0 Å². The molecule has 0 saturated heterocycles. The van der Waals surface area contributed by atoms with Crippen LogP contribution in [0.4, 0.5) is 5.13 Å². The van der Waals surface area contributed by atoms with Crippen molar-refractivity contribution in [3.05, 3.63) is 83.9 Å². The van der Waals surface area contributed by atoms with Crippen molar-refractivity contribution in [2.75, 3.05) is 11.9 Å². The van der Waals surface area contributed by atoms with Crippen LogP contribution < -0.4 is 4.90 Å². The summed E-state index contributed by atoms with van der Waals surface area (Å²) in [6.45, 7) is 0. The van der Waals surface area contributed by atoms with E-state index in [1.54, 1.807) is 19.3 Å². The van der Waals surface area contributed by atoms with Crippen LogP contribution in [0.15, 0.2) is 78.3 Å². The number of carbonyl (C=O) groups is 2. The Morgan fingerprint density at radius 1 is 1.00 bits per heavy atom. The zero-order valence-electron chi connectivity index (χ0n) is 18.5. The van der Waals surface area contributed by atoms with Crippen LogP contribution in [0.5, 0.6) is 5.88 Å². The number of aromatic nitrogens is 2. The molecule has 4 aromatic rings. The van der Waals surface area contributed by atoms with Crippen molar-refractivity contribution in [3.8, 4) is 28.3 Å². The third-order valence-electron chi connectivity index (χ3n) is 5.47. The lowest BCUT2D eigenvalue weighted by Gasteiger charge is -2.21. The van der Waals surface area contributed by atoms with E-state index in [1.807, 2.05) is 60.0 Å². The van der Waals surface area contributed by atoms with Crippen LogP contribution in [-0.4, -0.2) is 39.1 Å². The second-order valence-electron chi connectivity index (χ2n) is 7.85. The quantitative estimate of drug-likeness (QED) is 0.378. The molecule has 0 aliphatic carbocycles. The monoisotopic (exact) mass is 473 g/mol. The van der Waals surface area contributed by atoms with Gasteiger partial charge in [0.1, 0.15) is 0 Å². The van der Waals surface area contributed by atoms with Crippen molar-refractivity contribution in [2.24, 2.45) is 5.92 Å². The van der Waals surface area contributed by atoms with Gasteiger partial charge in [-0.15, -0.1) is 11.3 Å². The number of thiazole rings is 1. The molecule has 0 spiro atoms. The van der Waals surface area contributed by atoms with Crippen LogP contribution in [-0.2, 0) is 16.0 Å². The summed E-state index contributed by atoms with van der Waals surface area (Å²) in [7, 11) is 1.63. The number of anilines is 1. The molecule has 2 N–H and O–H groups in total. The maximum atomic E-state index is 13.2. The molecular formula is C26H23N3O4S.